The Balaban J connectivity index is 3.03. The van der Waals surface area contributed by atoms with Crippen LogP contribution in [0.4, 0.5) is 4.39 Å². The van der Waals surface area contributed by atoms with E-state index in [0.29, 0.717) is 17.7 Å². The Morgan fingerprint density at radius 1 is 1.43 bits per heavy atom. The van der Waals surface area contributed by atoms with Gasteiger partial charge in [0, 0.05) is 5.56 Å². The van der Waals surface area contributed by atoms with E-state index in [-0.39, 0.29) is 5.82 Å². The summed E-state index contributed by atoms with van der Waals surface area (Å²) in [4.78, 5) is 0. The lowest BCUT2D eigenvalue weighted by Crippen LogP contribution is -2.12. The van der Waals surface area contributed by atoms with E-state index in [2.05, 4.69) is 5.32 Å². The second-order valence-electron chi connectivity index (χ2n) is 3.23. The molecule has 1 rings (SSSR count). The number of benzene rings is 1. The minimum atomic E-state index is -0.192. The number of methoxy groups -OCH3 is 1. The smallest absolute Gasteiger partial charge is 0.130 e. The normalized spacial score (nSPS) is 10.3. The first kappa shape index (κ1) is 11.0. The highest BCUT2D eigenvalue weighted by molar-refractivity contribution is 5.41. The second kappa shape index (κ2) is 4.96. The van der Waals surface area contributed by atoms with Crippen molar-refractivity contribution in [1.82, 2.24) is 5.32 Å². The molecule has 1 N–H and O–H groups in total. The van der Waals surface area contributed by atoms with Gasteiger partial charge in [0.05, 0.1) is 7.11 Å². The Kier molecular flexibility index (Phi) is 3.89. The molecule has 0 saturated heterocycles. The van der Waals surface area contributed by atoms with E-state index >= 15 is 0 Å². The van der Waals surface area contributed by atoms with Crippen molar-refractivity contribution in [2.24, 2.45) is 0 Å². The van der Waals surface area contributed by atoms with E-state index in [0.717, 1.165) is 12.1 Å². The molecule has 0 amide bonds. The van der Waals surface area contributed by atoms with Crippen LogP contribution in [-0.4, -0.2) is 20.7 Å². The monoisotopic (exact) mass is 197 g/mol. The predicted molar refractivity (Wildman–Crippen MR) is 55.3 cm³/mol. The number of hydrogen-bond donors (Lipinski definition) is 1. The summed E-state index contributed by atoms with van der Waals surface area (Å²) in [5.74, 6) is 0.475. The van der Waals surface area contributed by atoms with E-state index in [4.69, 9.17) is 4.74 Å². The minimum absolute atomic E-state index is 0.192. The van der Waals surface area contributed by atoms with Crippen LogP contribution in [0.1, 0.15) is 11.1 Å². The number of nitrogens with one attached hydrogen (secondary N) is 1. The Labute approximate surface area is 84.1 Å². The van der Waals surface area contributed by atoms with Crippen molar-refractivity contribution < 1.29 is 9.13 Å². The van der Waals surface area contributed by atoms with Gasteiger partial charge in [-0.2, -0.15) is 0 Å². The van der Waals surface area contributed by atoms with Crippen molar-refractivity contribution in [3.63, 3.8) is 0 Å². The lowest BCUT2D eigenvalue weighted by Gasteiger charge is -2.11. The number of hydrogen-bond acceptors (Lipinski definition) is 2. The summed E-state index contributed by atoms with van der Waals surface area (Å²) in [6.45, 7) is 2.66. The molecule has 1 aromatic rings. The number of halogens is 1. The van der Waals surface area contributed by atoms with Crippen LogP contribution in [0.3, 0.4) is 0 Å². The maximum absolute atomic E-state index is 13.4. The molecule has 14 heavy (non-hydrogen) atoms. The van der Waals surface area contributed by atoms with Crippen LogP contribution in [0.2, 0.25) is 0 Å². The summed E-state index contributed by atoms with van der Waals surface area (Å²) >= 11 is 0. The molecule has 0 spiro atoms. The van der Waals surface area contributed by atoms with Crippen molar-refractivity contribution in [1.29, 1.82) is 0 Å². The number of rotatable bonds is 4. The van der Waals surface area contributed by atoms with Crippen LogP contribution in [0.15, 0.2) is 12.1 Å². The quantitative estimate of drug-likeness (QED) is 0.796. The van der Waals surface area contributed by atoms with Crippen LogP contribution >= 0.6 is 0 Å². The van der Waals surface area contributed by atoms with Gasteiger partial charge in [-0.05, 0) is 38.6 Å². The molecule has 2 nitrogen and oxygen atoms in total. The summed E-state index contributed by atoms with van der Waals surface area (Å²) in [6.07, 6.45) is 0.646. The fourth-order valence-corrected chi connectivity index (χ4v) is 1.49. The number of ether oxygens (including phenoxy) is 1. The topological polar surface area (TPSA) is 21.3 Å². The lowest BCUT2D eigenvalue weighted by atomic mass is 10.1. The molecule has 3 heteroatoms. The zero-order valence-electron chi connectivity index (χ0n) is 8.86. The van der Waals surface area contributed by atoms with Crippen LogP contribution in [0, 0.1) is 12.7 Å². The molecule has 0 atom stereocenters. The van der Waals surface area contributed by atoms with Gasteiger partial charge in [-0.1, -0.05) is 6.07 Å². The molecule has 0 heterocycles. The highest BCUT2D eigenvalue weighted by atomic mass is 19.1. The molecule has 1 aromatic carbocycles. The first-order valence-corrected chi connectivity index (χ1v) is 4.67. The fraction of sp³-hybridized carbons (Fsp3) is 0.455. The Morgan fingerprint density at radius 2 is 2.14 bits per heavy atom. The molecule has 0 aliphatic heterocycles. The average molecular weight is 197 g/mol. The standard InChI is InChI=1S/C11H16FNO/c1-8-4-5-10(12)9(6-7-13-2)11(8)14-3/h4-5,13H,6-7H2,1-3H3. The molecular weight excluding hydrogens is 181 g/mol. The van der Waals surface area contributed by atoms with Gasteiger partial charge in [0.25, 0.3) is 0 Å². The maximum Gasteiger partial charge on any atom is 0.130 e. The highest BCUT2D eigenvalue weighted by Gasteiger charge is 2.10. The van der Waals surface area contributed by atoms with Gasteiger partial charge in [-0.15, -0.1) is 0 Å². The van der Waals surface area contributed by atoms with Gasteiger partial charge in [-0.25, -0.2) is 4.39 Å². The third kappa shape index (κ3) is 2.23. The summed E-state index contributed by atoms with van der Waals surface area (Å²) < 4.78 is 18.6. The SMILES string of the molecule is CNCCc1c(F)ccc(C)c1OC. The van der Waals surface area contributed by atoms with Crippen molar-refractivity contribution in [2.75, 3.05) is 20.7 Å². The van der Waals surface area contributed by atoms with Crippen molar-refractivity contribution in [2.45, 2.75) is 13.3 Å². The summed E-state index contributed by atoms with van der Waals surface area (Å²) in [5, 5.41) is 2.99. The van der Waals surface area contributed by atoms with Crippen molar-refractivity contribution >= 4 is 0 Å². The van der Waals surface area contributed by atoms with Crippen LogP contribution < -0.4 is 10.1 Å². The third-order valence-electron chi connectivity index (χ3n) is 2.23. The van der Waals surface area contributed by atoms with Gasteiger partial charge in [0.1, 0.15) is 11.6 Å². The van der Waals surface area contributed by atoms with Gasteiger partial charge in [0.2, 0.25) is 0 Å². The average Bonchev–Trinajstić information content (AvgIpc) is 2.19. The Bertz CT molecular complexity index is 312. The van der Waals surface area contributed by atoms with Gasteiger partial charge in [0.15, 0.2) is 0 Å². The Hall–Kier alpha value is -1.09. The number of aryl methyl sites for hydroxylation is 1. The van der Waals surface area contributed by atoms with E-state index in [1.54, 1.807) is 13.2 Å². The molecule has 0 radical (unpaired) electrons. The first-order chi connectivity index (χ1) is 6.70. The molecule has 0 aliphatic rings. The third-order valence-corrected chi connectivity index (χ3v) is 2.23. The van der Waals surface area contributed by atoms with Crippen LogP contribution in [-0.2, 0) is 6.42 Å². The molecule has 0 aromatic heterocycles. The Morgan fingerprint density at radius 3 is 2.71 bits per heavy atom. The lowest BCUT2D eigenvalue weighted by molar-refractivity contribution is 0.401. The molecule has 0 bridgehead atoms. The maximum atomic E-state index is 13.4. The minimum Gasteiger partial charge on any atom is -0.496 e. The van der Waals surface area contributed by atoms with E-state index in [1.165, 1.54) is 6.07 Å². The second-order valence-corrected chi connectivity index (χ2v) is 3.23. The highest BCUT2D eigenvalue weighted by Crippen LogP contribution is 2.25. The molecular formula is C11H16FNO. The molecule has 0 fully saturated rings. The fourth-order valence-electron chi connectivity index (χ4n) is 1.49. The summed E-state index contributed by atoms with van der Waals surface area (Å²) in [7, 11) is 3.42. The molecule has 78 valence electrons. The van der Waals surface area contributed by atoms with Crippen LogP contribution in [0.25, 0.3) is 0 Å². The summed E-state index contributed by atoms with van der Waals surface area (Å²) in [5.41, 5.74) is 1.63. The van der Waals surface area contributed by atoms with Gasteiger partial charge in [-0.3, -0.25) is 0 Å². The van der Waals surface area contributed by atoms with Crippen molar-refractivity contribution in [3.8, 4) is 5.75 Å². The van der Waals surface area contributed by atoms with Gasteiger partial charge >= 0.3 is 0 Å². The first-order valence-electron chi connectivity index (χ1n) is 4.67. The van der Waals surface area contributed by atoms with E-state index in [1.807, 2.05) is 14.0 Å². The van der Waals surface area contributed by atoms with E-state index in [9.17, 15) is 4.39 Å². The van der Waals surface area contributed by atoms with E-state index < -0.39 is 0 Å². The molecule has 0 unspecified atom stereocenters. The molecule has 0 aliphatic carbocycles. The largest absolute Gasteiger partial charge is 0.496 e. The molecule has 0 saturated carbocycles. The predicted octanol–water partition coefficient (Wildman–Crippen LogP) is 1.90. The zero-order valence-corrected chi connectivity index (χ0v) is 8.86. The van der Waals surface area contributed by atoms with Crippen LogP contribution in [0.5, 0.6) is 5.75 Å². The van der Waals surface area contributed by atoms with Gasteiger partial charge < -0.3 is 10.1 Å². The summed E-state index contributed by atoms with van der Waals surface area (Å²) in [6, 6.07) is 3.22. The number of likely N-dealkylation sites (N-methyl/N-ethyl adjacent to an activating group) is 1. The van der Waals surface area contributed by atoms with Crippen molar-refractivity contribution in [3.05, 3.63) is 29.1 Å². The zero-order chi connectivity index (χ0) is 10.6.